The van der Waals surface area contributed by atoms with E-state index in [1.807, 2.05) is 13.8 Å². The number of carbonyl (C=O) groups is 1. The first-order valence-corrected chi connectivity index (χ1v) is 6.67. The SMILES string of the molecule is CC1=C(CF)C(O)CC(C)(C)C1(O)/C=C/C(C)=C\C=O. The lowest BCUT2D eigenvalue weighted by molar-refractivity contribution is -0.104. The first-order chi connectivity index (χ1) is 9.19. The van der Waals surface area contributed by atoms with E-state index in [1.54, 1.807) is 26.0 Å². The number of aliphatic hydroxyl groups excluding tert-OH is 1. The molecule has 0 saturated carbocycles. The van der Waals surface area contributed by atoms with Crippen LogP contribution in [0, 0.1) is 5.41 Å². The Bertz CT molecular complexity index is 474. The van der Waals surface area contributed by atoms with Gasteiger partial charge in [0.1, 0.15) is 18.6 Å². The molecule has 0 saturated heterocycles. The molecule has 0 aromatic rings. The molecule has 1 aliphatic carbocycles. The van der Waals surface area contributed by atoms with Crippen LogP contribution in [0.5, 0.6) is 0 Å². The lowest BCUT2D eigenvalue weighted by Crippen LogP contribution is -2.50. The van der Waals surface area contributed by atoms with E-state index in [-0.39, 0.29) is 12.0 Å². The fraction of sp³-hybridized carbons (Fsp3) is 0.562. The third kappa shape index (κ3) is 2.91. The second-order valence-electron chi connectivity index (χ2n) is 6.03. The van der Waals surface area contributed by atoms with Gasteiger partial charge in [0.2, 0.25) is 0 Å². The van der Waals surface area contributed by atoms with Gasteiger partial charge in [0, 0.05) is 5.41 Å². The van der Waals surface area contributed by atoms with Crippen LogP contribution in [0.3, 0.4) is 0 Å². The van der Waals surface area contributed by atoms with Crippen LogP contribution in [-0.2, 0) is 4.79 Å². The number of aldehydes is 1. The molecule has 1 aliphatic rings. The molecule has 112 valence electrons. The molecule has 0 aliphatic heterocycles. The third-order valence-electron chi connectivity index (χ3n) is 4.25. The molecule has 0 amide bonds. The van der Waals surface area contributed by atoms with Gasteiger partial charge in [-0.15, -0.1) is 0 Å². The minimum Gasteiger partial charge on any atom is -0.389 e. The molecule has 2 N–H and O–H groups in total. The molecule has 0 spiro atoms. The predicted molar refractivity (Wildman–Crippen MR) is 77.0 cm³/mol. The number of halogens is 1. The summed E-state index contributed by atoms with van der Waals surface area (Å²) in [6, 6.07) is 0. The van der Waals surface area contributed by atoms with Gasteiger partial charge < -0.3 is 10.2 Å². The topological polar surface area (TPSA) is 57.5 Å². The van der Waals surface area contributed by atoms with E-state index in [1.165, 1.54) is 6.08 Å². The summed E-state index contributed by atoms with van der Waals surface area (Å²) in [5.74, 6) is 0. The Balaban J connectivity index is 3.32. The van der Waals surface area contributed by atoms with Crippen LogP contribution in [0.1, 0.15) is 34.1 Å². The average molecular weight is 282 g/mol. The van der Waals surface area contributed by atoms with Crippen molar-refractivity contribution in [1.29, 1.82) is 0 Å². The zero-order chi connectivity index (χ0) is 15.6. The Hall–Kier alpha value is -1.26. The van der Waals surface area contributed by atoms with Crippen molar-refractivity contribution in [1.82, 2.24) is 0 Å². The molecular weight excluding hydrogens is 259 g/mol. The van der Waals surface area contributed by atoms with Crippen molar-refractivity contribution in [2.24, 2.45) is 5.41 Å². The Morgan fingerprint density at radius 1 is 1.50 bits per heavy atom. The van der Waals surface area contributed by atoms with Crippen LogP contribution in [0.2, 0.25) is 0 Å². The van der Waals surface area contributed by atoms with Crippen LogP contribution in [0.25, 0.3) is 0 Å². The van der Waals surface area contributed by atoms with E-state index in [9.17, 15) is 19.4 Å². The lowest BCUT2D eigenvalue weighted by atomic mass is 9.62. The van der Waals surface area contributed by atoms with Crippen molar-refractivity contribution in [2.75, 3.05) is 6.67 Å². The number of hydrogen-bond donors (Lipinski definition) is 2. The van der Waals surface area contributed by atoms with Crippen LogP contribution in [0.4, 0.5) is 4.39 Å². The van der Waals surface area contributed by atoms with Gasteiger partial charge in [-0.25, -0.2) is 4.39 Å². The molecule has 4 heteroatoms. The molecular formula is C16H23FO3. The summed E-state index contributed by atoms with van der Waals surface area (Å²) in [5.41, 5.74) is -0.587. The maximum Gasteiger partial charge on any atom is 0.143 e. The molecule has 0 radical (unpaired) electrons. The van der Waals surface area contributed by atoms with Gasteiger partial charge >= 0.3 is 0 Å². The van der Waals surface area contributed by atoms with Crippen molar-refractivity contribution in [2.45, 2.75) is 45.8 Å². The highest BCUT2D eigenvalue weighted by Crippen LogP contribution is 2.47. The quantitative estimate of drug-likeness (QED) is 0.360. The van der Waals surface area contributed by atoms with Gasteiger partial charge in [-0.05, 0) is 49.1 Å². The summed E-state index contributed by atoms with van der Waals surface area (Å²) in [6.45, 7) is 6.27. The minimum atomic E-state index is -1.34. The average Bonchev–Trinajstić information content (AvgIpc) is 2.34. The molecule has 0 fully saturated rings. The van der Waals surface area contributed by atoms with Crippen molar-refractivity contribution < 1.29 is 19.4 Å². The van der Waals surface area contributed by atoms with Gasteiger partial charge in [-0.1, -0.05) is 19.9 Å². The van der Waals surface area contributed by atoms with Gasteiger partial charge in [-0.3, -0.25) is 4.79 Å². The number of hydrogen-bond acceptors (Lipinski definition) is 3. The van der Waals surface area contributed by atoms with Gasteiger partial charge in [-0.2, -0.15) is 0 Å². The minimum absolute atomic E-state index is 0.244. The Morgan fingerprint density at radius 3 is 2.60 bits per heavy atom. The number of rotatable bonds is 4. The van der Waals surface area contributed by atoms with E-state index < -0.39 is 23.8 Å². The van der Waals surface area contributed by atoms with Crippen LogP contribution < -0.4 is 0 Å². The van der Waals surface area contributed by atoms with Crippen molar-refractivity contribution in [3.05, 3.63) is 34.9 Å². The van der Waals surface area contributed by atoms with Crippen LogP contribution in [0.15, 0.2) is 34.9 Å². The van der Waals surface area contributed by atoms with E-state index in [2.05, 4.69) is 0 Å². The lowest BCUT2D eigenvalue weighted by Gasteiger charge is -2.48. The van der Waals surface area contributed by atoms with Crippen molar-refractivity contribution in [3.8, 4) is 0 Å². The summed E-state index contributed by atoms with van der Waals surface area (Å²) in [6.07, 6.45) is 4.71. The molecule has 2 atom stereocenters. The fourth-order valence-corrected chi connectivity index (χ4v) is 2.72. The summed E-state index contributed by atoms with van der Waals surface area (Å²) in [4.78, 5) is 10.4. The predicted octanol–water partition coefficient (Wildman–Crippen LogP) is 2.50. The van der Waals surface area contributed by atoms with Crippen molar-refractivity contribution >= 4 is 6.29 Å². The molecule has 0 heterocycles. The van der Waals surface area contributed by atoms with Gasteiger partial charge in [0.05, 0.1) is 6.10 Å². The smallest absolute Gasteiger partial charge is 0.143 e. The third-order valence-corrected chi connectivity index (χ3v) is 4.25. The van der Waals surface area contributed by atoms with Crippen LogP contribution in [-0.4, -0.2) is 34.9 Å². The summed E-state index contributed by atoms with van der Waals surface area (Å²) >= 11 is 0. The van der Waals surface area contributed by atoms with Crippen LogP contribution >= 0.6 is 0 Å². The number of alkyl halides is 1. The molecule has 3 nitrogen and oxygen atoms in total. The number of aliphatic hydroxyl groups is 2. The van der Waals surface area contributed by atoms with Gasteiger partial charge in [0.15, 0.2) is 0 Å². The maximum atomic E-state index is 13.1. The summed E-state index contributed by atoms with van der Waals surface area (Å²) < 4.78 is 13.1. The largest absolute Gasteiger partial charge is 0.389 e. The highest BCUT2D eigenvalue weighted by Gasteiger charge is 2.49. The molecule has 20 heavy (non-hydrogen) atoms. The Labute approximate surface area is 119 Å². The molecule has 1 rings (SSSR count). The van der Waals surface area contributed by atoms with E-state index in [4.69, 9.17) is 0 Å². The van der Waals surface area contributed by atoms with E-state index in [0.717, 1.165) is 0 Å². The first-order valence-electron chi connectivity index (χ1n) is 6.67. The zero-order valence-corrected chi connectivity index (χ0v) is 12.5. The molecule has 0 bridgehead atoms. The Morgan fingerprint density at radius 2 is 2.10 bits per heavy atom. The summed E-state index contributed by atoms with van der Waals surface area (Å²) in [7, 11) is 0. The second kappa shape index (κ2) is 6.02. The standard InChI is InChI=1S/C16H23FO3/c1-11(6-8-18)5-7-16(20)12(2)13(10-17)14(19)9-15(16,3)4/h5-8,14,19-20H,9-10H2,1-4H3/b7-5+,11-6-. The van der Waals surface area contributed by atoms with E-state index >= 15 is 0 Å². The number of carbonyl (C=O) groups excluding carboxylic acids is 1. The molecule has 2 unspecified atom stereocenters. The Kier molecular flexibility index (Phi) is 5.05. The summed E-state index contributed by atoms with van der Waals surface area (Å²) in [5, 5.41) is 20.9. The first kappa shape index (κ1) is 16.8. The highest BCUT2D eigenvalue weighted by atomic mass is 19.1. The zero-order valence-electron chi connectivity index (χ0n) is 12.5. The highest BCUT2D eigenvalue weighted by molar-refractivity contribution is 5.67. The molecule has 0 aromatic carbocycles. The fourth-order valence-electron chi connectivity index (χ4n) is 2.72. The van der Waals surface area contributed by atoms with Gasteiger partial charge in [0.25, 0.3) is 0 Å². The normalized spacial score (nSPS) is 30.9. The second-order valence-corrected chi connectivity index (χ2v) is 6.03. The number of allylic oxidation sites excluding steroid dienone is 3. The van der Waals surface area contributed by atoms with Crippen molar-refractivity contribution in [3.63, 3.8) is 0 Å². The molecule has 0 aromatic heterocycles. The monoisotopic (exact) mass is 282 g/mol. The van der Waals surface area contributed by atoms with E-state index in [0.29, 0.717) is 17.4 Å². The maximum absolute atomic E-state index is 13.1.